The van der Waals surface area contributed by atoms with Crippen LogP contribution >= 0.6 is 0 Å². The molecule has 2 fully saturated rings. The number of likely N-dealkylation sites (N-methyl/N-ethyl adjacent to an activating group) is 1. The van der Waals surface area contributed by atoms with Gasteiger partial charge >= 0.3 is 6.18 Å². The Kier molecular flexibility index (Phi) is 6.96. The number of benzene rings is 1. The highest BCUT2D eigenvalue weighted by Gasteiger charge is 2.35. The monoisotopic (exact) mass is 528 g/mol. The number of nitrogens with zero attached hydrogens (tertiary/aromatic N) is 7. The van der Waals surface area contributed by atoms with Gasteiger partial charge in [-0.05, 0) is 50.9 Å². The molecule has 3 heterocycles. The molecule has 1 saturated heterocycles. The van der Waals surface area contributed by atoms with E-state index in [0.717, 1.165) is 24.5 Å². The SMILES string of the molecule is CN(CCn1cc(-c2ccc(F)c(C(F)(F)F)c2)nc1C1CCN(c2ncnc(N)c2C#N)CC1)C1CC1. The van der Waals surface area contributed by atoms with Gasteiger partial charge in [0, 0.05) is 49.9 Å². The highest BCUT2D eigenvalue weighted by Crippen LogP contribution is 2.36. The number of aromatic nitrogens is 4. The largest absolute Gasteiger partial charge is 0.419 e. The van der Waals surface area contributed by atoms with E-state index in [0.29, 0.717) is 50.0 Å². The van der Waals surface area contributed by atoms with Crippen molar-refractivity contribution in [2.45, 2.75) is 50.4 Å². The number of nitrogen functional groups attached to an aromatic ring is 1. The molecule has 0 unspecified atom stereocenters. The fourth-order valence-electron chi connectivity index (χ4n) is 5.03. The molecule has 3 aromatic rings. The van der Waals surface area contributed by atoms with Gasteiger partial charge in [-0.1, -0.05) is 0 Å². The van der Waals surface area contributed by atoms with Crippen molar-refractivity contribution in [2.24, 2.45) is 0 Å². The van der Waals surface area contributed by atoms with E-state index < -0.39 is 17.6 Å². The molecule has 2 aromatic heterocycles. The van der Waals surface area contributed by atoms with E-state index in [1.807, 2.05) is 9.47 Å². The average molecular weight is 529 g/mol. The standard InChI is InChI=1S/C26H28F4N8/c1-36(18-3-4-18)10-11-38-14-22(17-2-5-21(27)20(12-17)26(28,29)30)35-24(38)16-6-8-37(9-7-16)25-19(13-31)23(32)33-15-34-25/h2,5,12,14-16,18H,3-4,6-11H2,1H3,(H2,32,33,34). The number of imidazole rings is 1. The molecule has 12 heteroatoms. The molecule has 2 N–H and O–H groups in total. The maximum atomic E-state index is 13.9. The van der Waals surface area contributed by atoms with Gasteiger partial charge in [0.25, 0.3) is 0 Å². The minimum atomic E-state index is -4.79. The second-order valence-corrected chi connectivity index (χ2v) is 9.91. The van der Waals surface area contributed by atoms with E-state index in [1.54, 1.807) is 6.20 Å². The first-order chi connectivity index (χ1) is 18.2. The minimum Gasteiger partial charge on any atom is -0.382 e. The molecule has 0 spiro atoms. The van der Waals surface area contributed by atoms with Crippen molar-refractivity contribution in [1.82, 2.24) is 24.4 Å². The third-order valence-corrected chi connectivity index (χ3v) is 7.37. The minimum absolute atomic E-state index is 0.0542. The van der Waals surface area contributed by atoms with Crippen molar-refractivity contribution in [1.29, 1.82) is 5.26 Å². The molecule has 38 heavy (non-hydrogen) atoms. The first kappa shape index (κ1) is 25.9. The normalized spacial score (nSPS) is 16.7. The maximum Gasteiger partial charge on any atom is 0.419 e. The van der Waals surface area contributed by atoms with Gasteiger partial charge in [0.2, 0.25) is 0 Å². The van der Waals surface area contributed by atoms with E-state index in [2.05, 4.69) is 28.0 Å². The van der Waals surface area contributed by atoms with Crippen LogP contribution < -0.4 is 10.6 Å². The molecule has 0 amide bonds. The zero-order valence-corrected chi connectivity index (χ0v) is 20.9. The lowest BCUT2D eigenvalue weighted by Gasteiger charge is -2.33. The molecule has 1 aromatic carbocycles. The van der Waals surface area contributed by atoms with Crippen LogP contribution in [-0.2, 0) is 12.7 Å². The molecule has 0 radical (unpaired) electrons. The van der Waals surface area contributed by atoms with Crippen LogP contribution in [0.15, 0.2) is 30.7 Å². The molecule has 0 bridgehead atoms. The van der Waals surface area contributed by atoms with Crippen LogP contribution in [0.5, 0.6) is 0 Å². The lowest BCUT2D eigenvalue weighted by Crippen LogP contribution is -2.35. The van der Waals surface area contributed by atoms with Crippen molar-refractivity contribution >= 4 is 11.6 Å². The van der Waals surface area contributed by atoms with Gasteiger partial charge < -0.3 is 20.1 Å². The Bertz CT molecular complexity index is 1350. The highest BCUT2D eigenvalue weighted by molar-refractivity contribution is 5.63. The molecule has 1 aliphatic heterocycles. The van der Waals surface area contributed by atoms with Crippen LogP contribution in [0.25, 0.3) is 11.3 Å². The van der Waals surface area contributed by atoms with Crippen LogP contribution in [0.4, 0.5) is 29.2 Å². The Balaban J connectivity index is 1.41. The van der Waals surface area contributed by atoms with Gasteiger partial charge in [0.1, 0.15) is 35.4 Å². The molecule has 1 saturated carbocycles. The maximum absolute atomic E-state index is 13.9. The summed E-state index contributed by atoms with van der Waals surface area (Å²) in [6.45, 7) is 2.64. The Labute approximate surface area is 217 Å². The summed E-state index contributed by atoms with van der Waals surface area (Å²) in [5, 5.41) is 9.49. The Morgan fingerprint density at radius 3 is 2.55 bits per heavy atom. The summed E-state index contributed by atoms with van der Waals surface area (Å²) in [7, 11) is 2.07. The molecular formula is C26H28F4N8. The van der Waals surface area contributed by atoms with Crippen molar-refractivity contribution in [3.63, 3.8) is 0 Å². The van der Waals surface area contributed by atoms with E-state index in [4.69, 9.17) is 10.7 Å². The van der Waals surface area contributed by atoms with Crippen LogP contribution in [0.2, 0.25) is 0 Å². The number of hydrogen-bond donors (Lipinski definition) is 1. The molecule has 8 nitrogen and oxygen atoms in total. The molecule has 1 aliphatic carbocycles. The summed E-state index contributed by atoms with van der Waals surface area (Å²) in [4.78, 5) is 17.2. The van der Waals surface area contributed by atoms with Gasteiger partial charge in [-0.2, -0.15) is 18.4 Å². The zero-order valence-electron chi connectivity index (χ0n) is 20.9. The van der Waals surface area contributed by atoms with Crippen LogP contribution in [0.1, 0.15) is 48.6 Å². The van der Waals surface area contributed by atoms with Crippen LogP contribution in [0, 0.1) is 17.1 Å². The number of anilines is 2. The molecule has 2 aliphatic rings. The summed E-state index contributed by atoms with van der Waals surface area (Å²) >= 11 is 0. The third-order valence-electron chi connectivity index (χ3n) is 7.37. The Morgan fingerprint density at radius 2 is 1.89 bits per heavy atom. The number of nitrogens with two attached hydrogens (primary N) is 1. The molecule has 200 valence electrons. The van der Waals surface area contributed by atoms with E-state index in [-0.39, 0.29) is 22.9 Å². The quantitative estimate of drug-likeness (QED) is 0.453. The van der Waals surface area contributed by atoms with Crippen molar-refractivity contribution in [3.8, 4) is 17.3 Å². The van der Waals surface area contributed by atoms with Gasteiger partial charge in [0.05, 0.1) is 11.3 Å². The average Bonchev–Trinajstić information content (AvgIpc) is 3.66. The summed E-state index contributed by atoms with van der Waals surface area (Å²) in [6, 6.07) is 5.66. The number of alkyl halides is 3. The molecule has 5 rings (SSSR count). The van der Waals surface area contributed by atoms with E-state index in [9.17, 15) is 22.8 Å². The predicted molar refractivity (Wildman–Crippen MR) is 134 cm³/mol. The highest BCUT2D eigenvalue weighted by atomic mass is 19.4. The van der Waals surface area contributed by atoms with Gasteiger partial charge in [0.15, 0.2) is 5.82 Å². The first-order valence-electron chi connectivity index (χ1n) is 12.6. The number of hydrogen-bond acceptors (Lipinski definition) is 7. The van der Waals surface area contributed by atoms with Crippen molar-refractivity contribution in [2.75, 3.05) is 37.3 Å². The lowest BCUT2D eigenvalue weighted by molar-refractivity contribution is -0.139. The number of halogens is 4. The number of piperidine rings is 1. The van der Waals surface area contributed by atoms with Crippen LogP contribution in [0.3, 0.4) is 0 Å². The molecule has 0 atom stereocenters. The van der Waals surface area contributed by atoms with E-state index in [1.165, 1.54) is 25.2 Å². The zero-order chi connectivity index (χ0) is 27.0. The number of rotatable bonds is 7. The Morgan fingerprint density at radius 1 is 1.16 bits per heavy atom. The second-order valence-electron chi connectivity index (χ2n) is 9.91. The summed E-state index contributed by atoms with van der Waals surface area (Å²) in [5.41, 5.74) is 5.41. The van der Waals surface area contributed by atoms with Crippen LogP contribution in [-0.4, -0.2) is 57.1 Å². The van der Waals surface area contributed by atoms with Crippen molar-refractivity contribution < 1.29 is 17.6 Å². The molecular weight excluding hydrogens is 500 g/mol. The number of nitriles is 1. The first-order valence-corrected chi connectivity index (χ1v) is 12.6. The lowest BCUT2D eigenvalue weighted by atomic mass is 9.95. The summed E-state index contributed by atoms with van der Waals surface area (Å²) in [6.07, 6.45) is 2.08. The summed E-state index contributed by atoms with van der Waals surface area (Å²) < 4.78 is 56.0. The third kappa shape index (κ3) is 5.29. The second kappa shape index (κ2) is 10.2. The fourth-order valence-corrected chi connectivity index (χ4v) is 5.03. The fraction of sp³-hybridized carbons (Fsp3) is 0.462. The smallest absolute Gasteiger partial charge is 0.382 e. The topological polar surface area (TPSA) is 99.9 Å². The predicted octanol–water partition coefficient (Wildman–Crippen LogP) is 4.43. The summed E-state index contributed by atoms with van der Waals surface area (Å²) in [5.74, 6) is 0.181. The van der Waals surface area contributed by atoms with Gasteiger partial charge in [-0.25, -0.2) is 19.3 Å². The Hall–Kier alpha value is -3.72. The van der Waals surface area contributed by atoms with Gasteiger partial charge in [-0.15, -0.1) is 0 Å². The van der Waals surface area contributed by atoms with Gasteiger partial charge in [-0.3, -0.25) is 0 Å². The van der Waals surface area contributed by atoms with E-state index >= 15 is 0 Å². The van der Waals surface area contributed by atoms with Crippen molar-refractivity contribution in [3.05, 3.63) is 53.5 Å².